The topological polar surface area (TPSA) is 43.4 Å². The van der Waals surface area contributed by atoms with Crippen LogP contribution in [-0.2, 0) is 9.53 Å². The molecule has 4 saturated carbocycles. The van der Waals surface area contributed by atoms with Crippen LogP contribution in [0.1, 0.15) is 61.7 Å². The number of rotatable bonds is 6. The molecule has 0 aliphatic heterocycles. The van der Waals surface area contributed by atoms with Crippen molar-refractivity contribution in [3.05, 3.63) is 48.0 Å². The molecule has 4 aliphatic rings. The third kappa shape index (κ3) is 3.70. The summed E-state index contributed by atoms with van der Waals surface area (Å²) in [6, 6.07) is 9.19. The fourth-order valence-electron chi connectivity index (χ4n) is 5.54. The van der Waals surface area contributed by atoms with Gasteiger partial charge in [-0.2, -0.15) is 0 Å². The fraction of sp³-hybridized carbons (Fsp3) is 0.545. The Kier molecular flexibility index (Phi) is 4.49. The van der Waals surface area contributed by atoms with Crippen molar-refractivity contribution in [2.45, 2.75) is 57.0 Å². The summed E-state index contributed by atoms with van der Waals surface area (Å²) < 4.78 is 5.98. The monoisotopic (exact) mass is 338 g/mol. The second kappa shape index (κ2) is 6.78. The van der Waals surface area contributed by atoms with Crippen LogP contribution in [0.5, 0.6) is 0 Å². The molecule has 0 amide bonds. The van der Waals surface area contributed by atoms with E-state index in [0.717, 1.165) is 37.0 Å². The smallest absolute Gasteiger partial charge is 0.306 e. The van der Waals surface area contributed by atoms with Gasteiger partial charge in [-0.1, -0.05) is 36.4 Å². The van der Waals surface area contributed by atoms with Crippen LogP contribution in [0.15, 0.2) is 42.5 Å². The van der Waals surface area contributed by atoms with Crippen LogP contribution < -0.4 is 0 Å². The highest BCUT2D eigenvalue weighted by Crippen LogP contribution is 2.57. The number of benzene rings is 1. The Morgan fingerprint density at radius 3 is 2.20 bits per heavy atom. The standard InChI is InChI=1S/C22H26O3/c23-20(19-6-2-1-3-7-19)8-4-5-9-21(24)25-22-13-16-10-17(14-22)12-18(11-16)15-22/h1-4,6-8,16-18H,5,9-15H2/b8-4+. The summed E-state index contributed by atoms with van der Waals surface area (Å²) in [6.07, 6.45) is 11.5. The molecule has 5 rings (SSSR count). The number of ketones is 1. The van der Waals surface area contributed by atoms with E-state index in [9.17, 15) is 9.59 Å². The van der Waals surface area contributed by atoms with E-state index >= 15 is 0 Å². The van der Waals surface area contributed by atoms with E-state index in [2.05, 4.69) is 0 Å². The lowest BCUT2D eigenvalue weighted by molar-refractivity contribution is -0.186. The Labute approximate surface area is 149 Å². The van der Waals surface area contributed by atoms with Gasteiger partial charge in [0.25, 0.3) is 0 Å². The highest BCUT2D eigenvalue weighted by Gasteiger charge is 2.53. The van der Waals surface area contributed by atoms with Gasteiger partial charge in [-0.3, -0.25) is 9.59 Å². The van der Waals surface area contributed by atoms with Crippen molar-refractivity contribution in [3.8, 4) is 0 Å². The van der Waals surface area contributed by atoms with Crippen LogP contribution in [0.4, 0.5) is 0 Å². The van der Waals surface area contributed by atoms with Gasteiger partial charge in [0.2, 0.25) is 0 Å². The van der Waals surface area contributed by atoms with Crippen LogP contribution in [0.2, 0.25) is 0 Å². The summed E-state index contributed by atoms with van der Waals surface area (Å²) in [7, 11) is 0. The van der Waals surface area contributed by atoms with Crippen molar-refractivity contribution in [3.63, 3.8) is 0 Å². The maximum atomic E-state index is 12.3. The van der Waals surface area contributed by atoms with Crippen molar-refractivity contribution in [2.75, 3.05) is 0 Å². The Morgan fingerprint density at radius 2 is 1.60 bits per heavy atom. The molecule has 3 heteroatoms. The Bertz CT molecular complexity index is 638. The first-order valence-electron chi connectivity index (χ1n) is 9.60. The van der Waals surface area contributed by atoms with E-state index in [-0.39, 0.29) is 17.4 Å². The molecule has 4 fully saturated rings. The van der Waals surface area contributed by atoms with Crippen molar-refractivity contribution < 1.29 is 14.3 Å². The largest absolute Gasteiger partial charge is 0.459 e. The predicted molar refractivity (Wildman–Crippen MR) is 96.1 cm³/mol. The van der Waals surface area contributed by atoms with E-state index < -0.39 is 0 Å². The maximum absolute atomic E-state index is 12.3. The minimum Gasteiger partial charge on any atom is -0.459 e. The molecule has 1 aromatic rings. The van der Waals surface area contributed by atoms with Crippen LogP contribution in [0.25, 0.3) is 0 Å². The maximum Gasteiger partial charge on any atom is 0.306 e. The molecule has 0 N–H and O–H groups in total. The fourth-order valence-corrected chi connectivity index (χ4v) is 5.54. The Morgan fingerprint density at radius 1 is 1.00 bits per heavy atom. The Hall–Kier alpha value is -1.90. The van der Waals surface area contributed by atoms with Gasteiger partial charge >= 0.3 is 5.97 Å². The van der Waals surface area contributed by atoms with E-state index in [0.29, 0.717) is 18.4 Å². The van der Waals surface area contributed by atoms with Crippen LogP contribution >= 0.6 is 0 Å². The normalized spacial score (nSPS) is 32.9. The highest BCUT2D eigenvalue weighted by molar-refractivity contribution is 6.04. The summed E-state index contributed by atoms with van der Waals surface area (Å²) >= 11 is 0. The summed E-state index contributed by atoms with van der Waals surface area (Å²) in [5.41, 5.74) is 0.518. The molecule has 4 bridgehead atoms. The van der Waals surface area contributed by atoms with E-state index in [1.165, 1.54) is 19.3 Å². The third-order valence-corrected chi connectivity index (χ3v) is 6.16. The third-order valence-electron chi connectivity index (χ3n) is 6.16. The average molecular weight is 338 g/mol. The lowest BCUT2D eigenvalue weighted by Gasteiger charge is -2.55. The Balaban J connectivity index is 1.26. The van der Waals surface area contributed by atoms with E-state index in [1.807, 2.05) is 18.2 Å². The highest BCUT2D eigenvalue weighted by atomic mass is 16.6. The first kappa shape index (κ1) is 16.6. The molecule has 0 aromatic heterocycles. The van der Waals surface area contributed by atoms with Gasteiger partial charge in [-0.25, -0.2) is 0 Å². The number of allylic oxidation sites excluding steroid dienone is 2. The molecule has 0 heterocycles. The number of hydrogen-bond acceptors (Lipinski definition) is 3. The van der Waals surface area contributed by atoms with Gasteiger partial charge in [-0.05, 0) is 68.8 Å². The zero-order valence-corrected chi connectivity index (χ0v) is 14.7. The number of carbonyl (C=O) groups is 2. The summed E-state index contributed by atoms with van der Waals surface area (Å²) in [6.45, 7) is 0. The van der Waals surface area contributed by atoms with Crippen LogP contribution in [0, 0.1) is 17.8 Å². The lowest BCUT2D eigenvalue weighted by Crippen LogP contribution is -2.52. The van der Waals surface area contributed by atoms with Gasteiger partial charge in [0, 0.05) is 12.0 Å². The second-order valence-corrected chi connectivity index (χ2v) is 8.25. The van der Waals surface area contributed by atoms with Crippen molar-refractivity contribution in [2.24, 2.45) is 17.8 Å². The quantitative estimate of drug-likeness (QED) is 0.428. The lowest BCUT2D eigenvalue weighted by atomic mass is 9.54. The van der Waals surface area contributed by atoms with Crippen molar-refractivity contribution >= 4 is 11.8 Å². The summed E-state index contributed by atoms with van der Waals surface area (Å²) in [4.78, 5) is 24.3. The van der Waals surface area contributed by atoms with E-state index in [1.54, 1.807) is 24.3 Å². The molecule has 0 saturated heterocycles. The molecule has 25 heavy (non-hydrogen) atoms. The minimum absolute atomic E-state index is 0.0185. The first-order valence-corrected chi connectivity index (χ1v) is 9.60. The van der Waals surface area contributed by atoms with E-state index in [4.69, 9.17) is 4.74 Å². The first-order chi connectivity index (χ1) is 12.1. The minimum atomic E-state index is -0.157. The van der Waals surface area contributed by atoms with Gasteiger partial charge in [0.15, 0.2) is 5.78 Å². The molecule has 0 spiro atoms. The van der Waals surface area contributed by atoms with Gasteiger partial charge < -0.3 is 4.74 Å². The summed E-state index contributed by atoms with van der Waals surface area (Å²) in [5.74, 6) is 2.22. The average Bonchev–Trinajstić information content (AvgIpc) is 2.57. The summed E-state index contributed by atoms with van der Waals surface area (Å²) in [5, 5.41) is 0. The predicted octanol–water partition coefficient (Wildman–Crippen LogP) is 4.72. The molecule has 1 aromatic carbocycles. The SMILES string of the molecule is O=C(CC/C=C/C(=O)c1ccccc1)OC12CC3CC(CC(C3)C1)C2. The number of ether oxygens (including phenoxy) is 1. The number of esters is 1. The second-order valence-electron chi connectivity index (χ2n) is 8.25. The van der Waals surface area contributed by atoms with Crippen LogP contribution in [-0.4, -0.2) is 17.4 Å². The molecule has 132 valence electrons. The molecule has 3 nitrogen and oxygen atoms in total. The number of hydrogen-bond donors (Lipinski definition) is 0. The zero-order valence-electron chi connectivity index (χ0n) is 14.7. The van der Waals surface area contributed by atoms with Crippen LogP contribution in [0.3, 0.4) is 0 Å². The molecular weight excluding hydrogens is 312 g/mol. The molecule has 4 aliphatic carbocycles. The van der Waals surface area contributed by atoms with Gasteiger partial charge in [0.1, 0.15) is 5.60 Å². The zero-order chi connectivity index (χ0) is 17.3. The molecule has 0 unspecified atom stereocenters. The number of carbonyl (C=O) groups excluding carboxylic acids is 2. The van der Waals surface area contributed by atoms with Crippen molar-refractivity contribution in [1.29, 1.82) is 0 Å². The molecular formula is C22H26O3. The van der Waals surface area contributed by atoms with Gasteiger partial charge in [-0.15, -0.1) is 0 Å². The molecule has 0 radical (unpaired) electrons. The molecule has 0 atom stereocenters. The van der Waals surface area contributed by atoms with Gasteiger partial charge in [0.05, 0.1) is 0 Å². The van der Waals surface area contributed by atoms with Crippen molar-refractivity contribution in [1.82, 2.24) is 0 Å².